The standard InChI is InChI=1S/C15H19N5S/c1-21-15-6-5-14(17-18-15)20-10-8-19(9-11-20)12-13-4-2-3-7-16-13/h2-7H,8-12H2,1H3. The van der Waals surface area contributed by atoms with Crippen LogP contribution in [0.1, 0.15) is 5.69 Å². The van der Waals surface area contributed by atoms with E-state index in [1.807, 2.05) is 30.7 Å². The van der Waals surface area contributed by atoms with Gasteiger partial charge in [0.25, 0.3) is 0 Å². The predicted molar refractivity (Wildman–Crippen MR) is 85.5 cm³/mol. The molecule has 2 aromatic rings. The van der Waals surface area contributed by atoms with Crippen LogP contribution >= 0.6 is 11.8 Å². The molecule has 0 atom stereocenters. The lowest BCUT2D eigenvalue weighted by atomic mass is 10.2. The van der Waals surface area contributed by atoms with Gasteiger partial charge in [0.05, 0.1) is 5.69 Å². The maximum Gasteiger partial charge on any atom is 0.151 e. The van der Waals surface area contributed by atoms with E-state index in [-0.39, 0.29) is 0 Å². The third kappa shape index (κ3) is 3.71. The molecule has 1 saturated heterocycles. The maximum atomic E-state index is 4.39. The van der Waals surface area contributed by atoms with Crippen LogP contribution in [-0.2, 0) is 6.54 Å². The fourth-order valence-corrected chi connectivity index (χ4v) is 2.77. The molecule has 3 rings (SSSR count). The molecule has 0 unspecified atom stereocenters. The van der Waals surface area contributed by atoms with Crippen molar-refractivity contribution in [1.82, 2.24) is 20.1 Å². The first-order valence-corrected chi connectivity index (χ1v) is 8.32. The van der Waals surface area contributed by atoms with E-state index in [0.717, 1.165) is 49.3 Å². The van der Waals surface area contributed by atoms with E-state index in [4.69, 9.17) is 0 Å². The van der Waals surface area contributed by atoms with Crippen molar-refractivity contribution in [3.05, 3.63) is 42.2 Å². The van der Waals surface area contributed by atoms with Crippen LogP contribution in [0.5, 0.6) is 0 Å². The molecule has 1 aliphatic rings. The van der Waals surface area contributed by atoms with Gasteiger partial charge >= 0.3 is 0 Å². The minimum Gasteiger partial charge on any atom is -0.353 e. The SMILES string of the molecule is CSc1ccc(N2CCN(Cc3ccccn3)CC2)nn1. The molecule has 5 nitrogen and oxygen atoms in total. The fraction of sp³-hybridized carbons (Fsp3) is 0.400. The zero-order chi connectivity index (χ0) is 14.5. The van der Waals surface area contributed by atoms with Gasteiger partial charge in [-0.2, -0.15) is 0 Å². The van der Waals surface area contributed by atoms with Gasteiger partial charge in [-0.05, 0) is 30.5 Å². The first-order valence-electron chi connectivity index (χ1n) is 7.10. The van der Waals surface area contributed by atoms with Crippen LogP contribution in [0.25, 0.3) is 0 Å². The molecule has 0 amide bonds. The Balaban J connectivity index is 1.54. The summed E-state index contributed by atoms with van der Waals surface area (Å²) in [6.45, 7) is 4.96. The zero-order valence-corrected chi connectivity index (χ0v) is 13.0. The van der Waals surface area contributed by atoms with Crippen molar-refractivity contribution >= 4 is 17.6 Å². The van der Waals surface area contributed by atoms with E-state index in [9.17, 15) is 0 Å². The van der Waals surface area contributed by atoms with Crippen LogP contribution in [0.2, 0.25) is 0 Å². The van der Waals surface area contributed by atoms with Gasteiger partial charge in [0.1, 0.15) is 5.03 Å². The maximum absolute atomic E-state index is 4.39. The Morgan fingerprint density at radius 1 is 1.05 bits per heavy atom. The number of rotatable bonds is 4. The molecular formula is C15H19N5S. The van der Waals surface area contributed by atoms with E-state index >= 15 is 0 Å². The number of nitrogens with zero attached hydrogens (tertiary/aromatic N) is 5. The summed E-state index contributed by atoms with van der Waals surface area (Å²) < 4.78 is 0. The molecule has 0 aliphatic carbocycles. The second-order valence-electron chi connectivity index (χ2n) is 5.02. The summed E-state index contributed by atoms with van der Waals surface area (Å²) >= 11 is 1.62. The van der Waals surface area contributed by atoms with E-state index in [1.54, 1.807) is 11.8 Å². The molecular weight excluding hydrogens is 282 g/mol. The highest BCUT2D eigenvalue weighted by Crippen LogP contribution is 2.16. The molecule has 1 fully saturated rings. The molecule has 2 aromatic heterocycles. The van der Waals surface area contributed by atoms with Gasteiger partial charge < -0.3 is 4.90 Å². The largest absolute Gasteiger partial charge is 0.353 e. The first kappa shape index (κ1) is 14.3. The Kier molecular flexibility index (Phi) is 4.67. The summed E-state index contributed by atoms with van der Waals surface area (Å²) in [6.07, 6.45) is 3.87. The number of thioether (sulfide) groups is 1. The molecule has 0 N–H and O–H groups in total. The van der Waals surface area contributed by atoms with Crippen molar-refractivity contribution < 1.29 is 0 Å². The van der Waals surface area contributed by atoms with Gasteiger partial charge in [-0.15, -0.1) is 22.0 Å². The van der Waals surface area contributed by atoms with Gasteiger partial charge in [-0.3, -0.25) is 9.88 Å². The Morgan fingerprint density at radius 2 is 1.90 bits per heavy atom. The molecule has 0 bridgehead atoms. The van der Waals surface area contributed by atoms with E-state index in [1.165, 1.54) is 0 Å². The lowest BCUT2D eigenvalue weighted by Gasteiger charge is -2.34. The Morgan fingerprint density at radius 3 is 2.52 bits per heavy atom. The molecule has 0 radical (unpaired) electrons. The second-order valence-corrected chi connectivity index (χ2v) is 5.84. The second kappa shape index (κ2) is 6.87. The number of hydrogen-bond donors (Lipinski definition) is 0. The van der Waals surface area contributed by atoms with Crippen molar-refractivity contribution in [2.24, 2.45) is 0 Å². The molecule has 0 spiro atoms. The number of piperazine rings is 1. The smallest absolute Gasteiger partial charge is 0.151 e. The number of hydrogen-bond acceptors (Lipinski definition) is 6. The van der Waals surface area contributed by atoms with Gasteiger partial charge in [-0.1, -0.05) is 6.07 Å². The van der Waals surface area contributed by atoms with Gasteiger partial charge in [0, 0.05) is 38.9 Å². The normalized spacial score (nSPS) is 16.1. The summed E-state index contributed by atoms with van der Waals surface area (Å²) in [5.41, 5.74) is 1.13. The molecule has 110 valence electrons. The summed E-state index contributed by atoms with van der Waals surface area (Å²) in [5, 5.41) is 9.48. The number of anilines is 1. The summed E-state index contributed by atoms with van der Waals surface area (Å²) in [7, 11) is 0. The van der Waals surface area contributed by atoms with E-state index in [0.29, 0.717) is 0 Å². The monoisotopic (exact) mass is 301 g/mol. The Labute approximate surface area is 129 Å². The number of aromatic nitrogens is 3. The molecule has 3 heterocycles. The average molecular weight is 301 g/mol. The lowest BCUT2D eigenvalue weighted by Crippen LogP contribution is -2.46. The zero-order valence-electron chi connectivity index (χ0n) is 12.1. The minimum atomic E-state index is 0.922. The van der Waals surface area contributed by atoms with Crippen molar-refractivity contribution in [2.45, 2.75) is 11.6 Å². The number of pyridine rings is 1. The van der Waals surface area contributed by atoms with Crippen LogP contribution in [0.3, 0.4) is 0 Å². The highest BCUT2D eigenvalue weighted by atomic mass is 32.2. The third-order valence-corrected chi connectivity index (χ3v) is 4.28. The Bertz CT molecular complexity index is 552. The van der Waals surface area contributed by atoms with Crippen molar-refractivity contribution in [2.75, 3.05) is 37.3 Å². The topological polar surface area (TPSA) is 45.2 Å². The van der Waals surface area contributed by atoms with Crippen molar-refractivity contribution in [3.63, 3.8) is 0 Å². The highest BCUT2D eigenvalue weighted by molar-refractivity contribution is 7.98. The van der Waals surface area contributed by atoms with Crippen LogP contribution in [0.15, 0.2) is 41.6 Å². The van der Waals surface area contributed by atoms with Crippen molar-refractivity contribution in [1.29, 1.82) is 0 Å². The summed E-state index contributed by atoms with van der Waals surface area (Å²) in [6, 6.07) is 10.2. The highest BCUT2D eigenvalue weighted by Gasteiger charge is 2.18. The molecule has 0 aromatic carbocycles. The quantitative estimate of drug-likeness (QED) is 0.804. The van der Waals surface area contributed by atoms with Crippen LogP contribution < -0.4 is 4.90 Å². The summed E-state index contributed by atoms with van der Waals surface area (Å²) in [5.74, 6) is 0.977. The molecule has 6 heteroatoms. The predicted octanol–water partition coefficient (Wildman–Crippen LogP) is 1.92. The van der Waals surface area contributed by atoms with Gasteiger partial charge in [0.2, 0.25) is 0 Å². The first-order chi connectivity index (χ1) is 10.3. The van der Waals surface area contributed by atoms with Crippen LogP contribution in [0.4, 0.5) is 5.82 Å². The van der Waals surface area contributed by atoms with Gasteiger partial charge in [0.15, 0.2) is 5.82 Å². The molecule has 0 saturated carbocycles. The fourth-order valence-electron chi connectivity index (χ4n) is 2.45. The molecule has 1 aliphatic heterocycles. The van der Waals surface area contributed by atoms with E-state index < -0.39 is 0 Å². The summed E-state index contributed by atoms with van der Waals surface area (Å²) in [4.78, 5) is 9.12. The molecule has 21 heavy (non-hydrogen) atoms. The van der Waals surface area contributed by atoms with Crippen LogP contribution in [-0.4, -0.2) is 52.5 Å². The minimum absolute atomic E-state index is 0.922. The third-order valence-electron chi connectivity index (χ3n) is 3.64. The van der Waals surface area contributed by atoms with Gasteiger partial charge in [-0.25, -0.2) is 0 Å². The lowest BCUT2D eigenvalue weighted by molar-refractivity contribution is 0.246. The average Bonchev–Trinajstić information content (AvgIpc) is 2.57. The Hall–Kier alpha value is -1.66. The van der Waals surface area contributed by atoms with Crippen LogP contribution in [0, 0.1) is 0 Å². The van der Waals surface area contributed by atoms with E-state index in [2.05, 4.69) is 37.1 Å². The van der Waals surface area contributed by atoms with Crippen molar-refractivity contribution in [3.8, 4) is 0 Å².